The average Bonchev–Trinajstić information content (AvgIpc) is 2.70. The number of carbonyl (C=O) groups is 2. The number of benzene rings is 2. The van der Waals surface area contributed by atoms with Crippen molar-refractivity contribution in [2.45, 2.75) is 12.7 Å². The maximum absolute atomic E-state index is 13.7. The van der Waals surface area contributed by atoms with Gasteiger partial charge in [0.25, 0.3) is 5.91 Å². The molecule has 0 unspecified atom stereocenters. The number of methoxy groups -OCH3 is 1. The van der Waals surface area contributed by atoms with E-state index in [0.717, 1.165) is 24.3 Å². The fourth-order valence-corrected chi connectivity index (χ4v) is 2.44. The van der Waals surface area contributed by atoms with E-state index in [-0.39, 0.29) is 17.9 Å². The SMILES string of the molecule is COc1ccc(CN(C)C(=O)COC(=O)/C=C/c2cccc(C(F)(F)F)c2)cc1F. The van der Waals surface area contributed by atoms with E-state index in [1.54, 1.807) is 6.07 Å². The third-order valence-electron chi connectivity index (χ3n) is 4.03. The lowest BCUT2D eigenvalue weighted by atomic mass is 10.1. The van der Waals surface area contributed by atoms with Crippen LogP contribution in [0, 0.1) is 5.82 Å². The predicted molar refractivity (Wildman–Crippen MR) is 101 cm³/mol. The Labute approximate surface area is 170 Å². The predicted octanol–water partition coefficient (Wildman–Crippen LogP) is 4.07. The zero-order valence-corrected chi connectivity index (χ0v) is 16.2. The number of hydrogen-bond donors (Lipinski definition) is 0. The van der Waals surface area contributed by atoms with Crippen LogP contribution < -0.4 is 4.74 Å². The van der Waals surface area contributed by atoms with Gasteiger partial charge in [-0.25, -0.2) is 9.18 Å². The van der Waals surface area contributed by atoms with Gasteiger partial charge in [0.15, 0.2) is 18.2 Å². The Morgan fingerprint density at radius 1 is 1.13 bits per heavy atom. The molecule has 0 saturated carbocycles. The summed E-state index contributed by atoms with van der Waals surface area (Å²) in [6.07, 6.45) is -2.40. The molecular formula is C21H19F4NO4. The van der Waals surface area contributed by atoms with Crippen molar-refractivity contribution in [2.24, 2.45) is 0 Å². The first-order valence-electron chi connectivity index (χ1n) is 8.68. The highest BCUT2D eigenvalue weighted by Gasteiger charge is 2.30. The number of alkyl halides is 3. The molecule has 0 aliphatic carbocycles. The minimum atomic E-state index is -4.49. The standard InChI is InChI=1S/C21H19F4NO4/c1-26(12-15-6-8-18(29-2)17(22)11-15)19(27)13-30-20(28)9-7-14-4-3-5-16(10-14)21(23,24)25/h3-11H,12-13H2,1-2H3/b9-7+. The summed E-state index contributed by atoms with van der Waals surface area (Å²) in [5.41, 5.74) is -0.170. The van der Waals surface area contributed by atoms with Gasteiger partial charge in [0.2, 0.25) is 0 Å². The third kappa shape index (κ3) is 6.61. The fraction of sp³-hybridized carbons (Fsp3) is 0.238. The van der Waals surface area contributed by atoms with Gasteiger partial charge in [-0.15, -0.1) is 0 Å². The third-order valence-corrected chi connectivity index (χ3v) is 4.03. The van der Waals surface area contributed by atoms with E-state index < -0.39 is 36.0 Å². The molecule has 0 atom stereocenters. The molecule has 2 rings (SSSR count). The second-order valence-electron chi connectivity index (χ2n) is 6.28. The van der Waals surface area contributed by atoms with Gasteiger partial charge < -0.3 is 14.4 Å². The maximum atomic E-state index is 13.7. The van der Waals surface area contributed by atoms with Crippen molar-refractivity contribution in [3.63, 3.8) is 0 Å². The molecule has 160 valence electrons. The van der Waals surface area contributed by atoms with E-state index in [2.05, 4.69) is 0 Å². The molecule has 0 aromatic heterocycles. The summed E-state index contributed by atoms with van der Waals surface area (Å²) >= 11 is 0. The first-order valence-corrected chi connectivity index (χ1v) is 8.68. The summed E-state index contributed by atoms with van der Waals surface area (Å²) in [7, 11) is 2.79. The van der Waals surface area contributed by atoms with Crippen LogP contribution in [0.1, 0.15) is 16.7 Å². The van der Waals surface area contributed by atoms with Crippen LogP contribution in [0.15, 0.2) is 48.5 Å². The zero-order valence-electron chi connectivity index (χ0n) is 16.2. The van der Waals surface area contributed by atoms with E-state index in [0.29, 0.717) is 5.56 Å². The minimum Gasteiger partial charge on any atom is -0.494 e. The molecule has 0 bridgehead atoms. The average molecular weight is 425 g/mol. The Kier molecular flexibility index (Phi) is 7.57. The van der Waals surface area contributed by atoms with Crippen molar-refractivity contribution in [1.29, 1.82) is 0 Å². The van der Waals surface area contributed by atoms with Crippen molar-refractivity contribution in [3.8, 4) is 5.75 Å². The molecule has 0 heterocycles. The van der Waals surface area contributed by atoms with E-state index in [1.807, 2.05) is 0 Å². The van der Waals surface area contributed by atoms with Gasteiger partial charge >= 0.3 is 12.1 Å². The monoisotopic (exact) mass is 425 g/mol. The molecule has 0 fully saturated rings. The molecule has 5 nitrogen and oxygen atoms in total. The number of nitrogens with zero attached hydrogens (tertiary/aromatic N) is 1. The number of esters is 1. The Hall–Kier alpha value is -3.36. The molecule has 9 heteroatoms. The Balaban J connectivity index is 1.87. The van der Waals surface area contributed by atoms with E-state index in [1.165, 1.54) is 43.3 Å². The minimum absolute atomic E-state index is 0.0780. The lowest BCUT2D eigenvalue weighted by Gasteiger charge is -2.17. The van der Waals surface area contributed by atoms with Crippen molar-refractivity contribution in [3.05, 3.63) is 71.0 Å². The summed E-state index contributed by atoms with van der Waals surface area (Å²) in [6, 6.07) is 8.67. The molecular weight excluding hydrogens is 406 g/mol. The summed E-state index contributed by atoms with van der Waals surface area (Å²) < 4.78 is 61.4. The number of amides is 1. The first kappa shape index (κ1) is 22.9. The van der Waals surface area contributed by atoms with Crippen LogP contribution in [0.4, 0.5) is 17.6 Å². The van der Waals surface area contributed by atoms with Crippen LogP contribution in [0.2, 0.25) is 0 Å². The van der Waals surface area contributed by atoms with Crippen molar-refractivity contribution < 1.29 is 36.6 Å². The summed E-state index contributed by atoms with van der Waals surface area (Å²) in [5.74, 6) is -1.91. The normalized spacial score (nSPS) is 11.4. The highest BCUT2D eigenvalue weighted by atomic mass is 19.4. The summed E-state index contributed by atoms with van der Waals surface area (Å²) in [5, 5.41) is 0. The Bertz CT molecular complexity index is 941. The maximum Gasteiger partial charge on any atom is 0.416 e. The van der Waals surface area contributed by atoms with Crippen LogP contribution in [0.5, 0.6) is 5.75 Å². The van der Waals surface area contributed by atoms with Gasteiger partial charge in [0.1, 0.15) is 0 Å². The van der Waals surface area contributed by atoms with Gasteiger partial charge in [-0.1, -0.05) is 18.2 Å². The molecule has 0 radical (unpaired) electrons. The van der Waals surface area contributed by atoms with Crippen LogP contribution in [0.25, 0.3) is 6.08 Å². The Morgan fingerprint density at radius 3 is 2.50 bits per heavy atom. The summed E-state index contributed by atoms with van der Waals surface area (Å²) in [4.78, 5) is 25.0. The van der Waals surface area contributed by atoms with E-state index in [4.69, 9.17) is 9.47 Å². The van der Waals surface area contributed by atoms with Crippen LogP contribution >= 0.6 is 0 Å². The molecule has 2 aromatic carbocycles. The highest BCUT2D eigenvalue weighted by Crippen LogP contribution is 2.29. The molecule has 30 heavy (non-hydrogen) atoms. The number of halogens is 4. The second kappa shape index (κ2) is 9.91. The van der Waals surface area contributed by atoms with Crippen LogP contribution in [0.3, 0.4) is 0 Å². The molecule has 2 aromatic rings. The second-order valence-corrected chi connectivity index (χ2v) is 6.28. The van der Waals surface area contributed by atoms with Crippen LogP contribution in [-0.4, -0.2) is 37.5 Å². The largest absolute Gasteiger partial charge is 0.494 e. The van der Waals surface area contributed by atoms with Gasteiger partial charge in [-0.3, -0.25) is 4.79 Å². The molecule has 0 spiro atoms. The number of rotatable bonds is 7. The van der Waals surface area contributed by atoms with Crippen molar-refractivity contribution >= 4 is 18.0 Å². The van der Waals surface area contributed by atoms with Gasteiger partial charge in [-0.05, 0) is 41.5 Å². The summed E-state index contributed by atoms with van der Waals surface area (Å²) in [6.45, 7) is -0.488. The molecule has 0 N–H and O–H groups in total. The zero-order chi connectivity index (χ0) is 22.3. The van der Waals surface area contributed by atoms with Gasteiger partial charge in [-0.2, -0.15) is 13.2 Å². The van der Waals surface area contributed by atoms with Gasteiger partial charge in [0, 0.05) is 19.7 Å². The number of likely N-dealkylation sites (N-methyl/N-ethyl adjacent to an activating group) is 1. The van der Waals surface area contributed by atoms with Gasteiger partial charge in [0.05, 0.1) is 12.7 Å². The lowest BCUT2D eigenvalue weighted by molar-refractivity contribution is -0.147. The molecule has 0 aliphatic rings. The number of carbonyl (C=O) groups excluding carboxylic acids is 2. The van der Waals surface area contributed by atoms with Crippen molar-refractivity contribution in [1.82, 2.24) is 4.90 Å². The molecule has 0 saturated heterocycles. The quantitative estimate of drug-likeness (QED) is 0.381. The van der Waals surface area contributed by atoms with E-state index in [9.17, 15) is 27.2 Å². The lowest BCUT2D eigenvalue weighted by Crippen LogP contribution is -2.30. The van der Waals surface area contributed by atoms with E-state index >= 15 is 0 Å². The Morgan fingerprint density at radius 2 is 1.87 bits per heavy atom. The molecule has 1 amide bonds. The fourth-order valence-electron chi connectivity index (χ4n) is 2.44. The van der Waals surface area contributed by atoms with Crippen molar-refractivity contribution in [2.75, 3.05) is 20.8 Å². The topological polar surface area (TPSA) is 55.8 Å². The number of hydrogen-bond acceptors (Lipinski definition) is 4. The smallest absolute Gasteiger partial charge is 0.416 e. The molecule has 0 aliphatic heterocycles. The number of ether oxygens (including phenoxy) is 2. The first-order chi connectivity index (χ1) is 14.1. The highest BCUT2D eigenvalue weighted by molar-refractivity contribution is 5.89. The van der Waals surface area contributed by atoms with Crippen LogP contribution in [-0.2, 0) is 27.0 Å².